The van der Waals surface area contributed by atoms with E-state index in [1.807, 2.05) is 84.9 Å². The molecule has 3 aromatic carbocycles. The molecule has 0 fully saturated rings. The summed E-state index contributed by atoms with van der Waals surface area (Å²) in [5.41, 5.74) is 3.78. The monoisotopic (exact) mass is 383 g/mol. The summed E-state index contributed by atoms with van der Waals surface area (Å²) >= 11 is 0. The minimum atomic E-state index is -0.107. The molecular formula is C25H23N2O2+. The van der Waals surface area contributed by atoms with Gasteiger partial charge in [-0.25, -0.2) is 0 Å². The molecule has 0 aliphatic heterocycles. The molecule has 4 heteroatoms. The standard InChI is InChI=1S/C25H22N2O2/c28-25(27-22-10-5-2-6-11-22)21-15-13-19(14-16-21)18-26-24(23-12-7-17-29-23)20-8-3-1-4-9-20/h1-17,24,26H,18H2,(H,27,28)/p+1/t24-/m1/s1. The maximum absolute atomic E-state index is 12.4. The van der Waals surface area contributed by atoms with Gasteiger partial charge < -0.3 is 15.1 Å². The van der Waals surface area contributed by atoms with E-state index in [4.69, 9.17) is 4.42 Å². The van der Waals surface area contributed by atoms with Crippen LogP contribution < -0.4 is 10.6 Å². The molecule has 3 N–H and O–H groups in total. The quantitative estimate of drug-likeness (QED) is 0.497. The Morgan fingerprint density at radius 2 is 1.52 bits per heavy atom. The highest BCUT2D eigenvalue weighted by Gasteiger charge is 2.20. The lowest BCUT2D eigenvalue weighted by atomic mass is 10.0. The Hall–Kier alpha value is -3.63. The number of carbonyl (C=O) groups excluding carboxylic acids is 1. The molecule has 1 aromatic heterocycles. The van der Waals surface area contributed by atoms with Crippen LogP contribution in [0.1, 0.15) is 33.3 Å². The summed E-state index contributed by atoms with van der Waals surface area (Å²) in [5, 5.41) is 5.15. The Balaban J connectivity index is 1.42. The zero-order valence-electron chi connectivity index (χ0n) is 16.0. The molecule has 4 aromatic rings. The highest BCUT2D eigenvalue weighted by Crippen LogP contribution is 2.18. The predicted molar refractivity (Wildman–Crippen MR) is 113 cm³/mol. The van der Waals surface area contributed by atoms with Crippen LogP contribution in [0.5, 0.6) is 0 Å². The Labute approximate surface area is 170 Å². The number of nitrogens with one attached hydrogen (secondary N) is 1. The van der Waals surface area contributed by atoms with Gasteiger partial charge in [0, 0.05) is 22.4 Å². The first-order valence-electron chi connectivity index (χ1n) is 9.66. The third-order valence-electron chi connectivity index (χ3n) is 4.85. The van der Waals surface area contributed by atoms with Gasteiger partial charge in [0.25, 0.3) is 5.91 Å². The van der Waals surface area contributed by atoms with Gasteiger partial charge in [0.2, 0.25) is 0 Å². The number of para-hydroxylation sites is 1. The van der Waals surface area contributed by atoms with Gasteiger partial charge in [-0.15, -0.1) is 0 Å². The molecule has 0 bridgehead atoms. The molecule has 1 amide bonds. The number of anilines is 1. The SMILES string of the molecule is O=C(Nc1ccccc1)c1ccc(C[NH2+][C@H](c2ccccc2)c2ccco2)cc1. The summed E-state index contributed by atoms with van der Waals surface area (Å²) in [6, 6.07) is 31.5. The molecule has 1 atom stereocenters. The predicted octanol–water partition coefficient (Wildman–Crippen LogP) is 4.38. The van der Waals surface area contributed by atoms with Crippen LogP contribution in [-0.2, 0) is 6.54 Å². The second-order valence-corrected chi connectivity index (χ2v) is 6.86. The number of hydrogen-bond donors (Lipinski definition) is 2. The van der Waals surface area contributed by atoms with E-state index in [9.17, 15) is 4.79 Å². The van der Waals surface area contributed by atoms with Crippen molar-refractivity contribution in [1.82, 2.24) is 0 Å². The molecule has 0 radical (unpaired) electrons. The van der Waals surface area contributed by atoms with Crippen LogP contribution in [0.4, 0.5) is 5.69 Å². The number of furan rings is 1. The van der Waals surface area contributed by atoms with Crippen molar-refractivity contribution in [3.63, 3.8) is 0 Å². The highest BCUT2D eigenvalue weighted by molar-refractivity contribution is 6.04. The lowest BCUT2D eigenvalue weighted by molar-refractivity contribution is -0.704. The largest absolute Gasteiger partial charge is 0.463 e. The Kier molecular flexibility index (Phi) is 5.84. The normalized spacial score (nSPS) is 11.7. The van der Waals surface area contributed by atoms with Crippen molar-refractivity contribution >= 4 is 11.6 Å². The number of amides is 1. The second-order valence-electron chi connectivity index (χ2n) is 6.86. The first kappa shape index (κ1) is 18.7. The van der Waals surface area contributed by atoms with E-state index in [0.29, 0.717) is 5.56 Å². The summed E-state index contributed by atoms with van der Waals surface area (Å²) in [5.74, 6) is 0.819. The number of rotatable bonds is 7. The van der Waals surface area contributed by atoms with Gasteiger partial charge in [-0.2, -0.15) is 0 Å². The molecule has 0 aliphatic rings. The average molecular weight is 383 g/mol. The van der Waals surface area contributed by atoms with Gasteiger partial charge in [0.15, 0.2) is 11.8 Å². The summed E-state index contributed by atoms with van der Waals surface area (Å²) in [4.78, 5) is 12.4. The van der Waals surface area contributed by atoms with Gasteiger partial charge in [0.1, 0.15) is 6.54 Å². The molecule has 144 valence electrons. The molecule has 29 heavy (non-hydrogen) atoms. The van der Waals surface area contributed by atoms with Gasteiger partial charge in [-0.05, 0) is 36.4 Å². The van der Waals surface area contributed by atoms with Crippen molar-refractivity contribution < 1.29 is 14.5 Å². The number of carbonyl (C=O) groups is 1. The second kappa shape index (κ2) is 9.04. The third-order valence-corrected chi connectivity index (χ3v) is 4.85. The number of nitrogens with two attached hydrogens (primary N) is 1. The van der Waals surface area contributed by atoms with Crippen molar-refractivity contribution in [2.45, 2.75) is 12.6 Å². The van der Waals surface area contributed by atoms with Gasteiger partial charge in [0.05, 0.1) is 6.26 Å². The summed E-state index contributed by atoms with van der Waals surface area (Å²) in [6.07, 6.45) is 1.71. The van der Waals surface area contributed by atoms with Crippen LogP contribution in [-0.4, -0.2) is 5.91 Å². The van der Waals surface area contributed by atoms with Crippen LogP contribution in [0, 0.1) is 0 Å². The van der Waals surface area contributed by atoms with E-state index in [2.05, 4.69) is 22.8 Å². The van der Waals surface area contributed by atoms with Crippen LogP contribution in [0.15, 0.2) is 108 Å². The number of hydrogen-bond acceptors (Lipinski definition) is 2. The molecule has 0 saturated heterocycles. The number of quaternary nitrogens is 1. The van der Waals surface area contributed by atoms with Gasteiger partial charge >= 0.3 is 0 Å². The minimum absolute atomic E-state index is 0.0901. The molecule has 4 rings (SSSR count). The Morgan fingerprint density at radius 1 is 0.828 bits per heavy atom. The molecule has 0 unspecified atom stereocenters. The van der Waals surface area contributed by atoms with Crippen molar-refractivity contribution in [2.24, 2.45) is 0 Å². The lowest BCUT2D eigenvalue weighted by Crippen LogP contribution is -2.83. The summed E-state index contributed by atoms with van der Waals surface area (Å²) in [7, 11) is 0. The average Bonchev–Trinajstić information content (AvgIpc) is 3.30. The van der Waals surface area contributed by atoms with E-state index in [0.717, 1.165) is 23.6 Å². The van der Waals surface area contributed by atoms with Gasteiger partial charge in [-0.1, -0.05) is 60.7 Å². The van der Waals surface area contributed by atoms with Crippen molar-refractivity contribution in [2.75, 3.05) is 5.32 Å². The zero-order valence-corrected chi connectivity index (χ0v) is 16.0. The van der Waals surface area contributed by atoms with E-state index in [1.54, 1.807) is 6.26 Å². The van der Waals surface area contributed by atoms with E-state index in [1.165, 1.54) is 5.56 Å². The number of benzene rings is 3. The molecule has 4 nitrogen and oxygen atoms in total. The minimum Gasteiger partial charge on any atom is -0.463 e. The fourth-order valence-electron chi connectivity index (χ4n) is 3.32. The van der Waals surface area contributed by atoms with Crippen LogP contribution in [0.25, 0.3) is 0 Å². The third kappa shape index (κ3) is 4.81. The first-order valence-corrected chi connectivity index (χ1v) is 9.66. The van der Waals surface area contributed by atoms with Crippen molar-refractivity contribution in [1.29, 1.82) is 0 Å². The Morgan fingerprint density at radius 3 is 2.17 bits per heavy atom. The lowest BCUT2D eigenvalue weighted by Gasteiger charge is -2.14. The highest BCUT2D eigenvalue weighted by atomic mass is 16.3. The van der Waals surface area contributed by atoms with E-state index >= 15 is 0 Å². The Bertz CT molecular complexity index is 1030. The van der Waals surface area contributed by atoms with Gasteiger partial charge in [-0.3, -0.25) is 4.79 Å². The summed E-state index contributed by atoms with van der Waals surface area (Å²) < 4.78 is 5.66. The van der Waals surface area contributed by atoms with E-state index < -0.39 is 0 Å². The topological polar surface area (TPSA) is 58.9 Å². The van der Waals surface area contributed by atoms with Crippen molar-refractivity contribution in [3.05, 3.63) is 126 Å². The molecule has 0 spiro atoms. The smallest absolute Gasteiger partial charge is 0.255 e. The maximum atomic E-state index is 12.4. The molecule has 0 saturated carbocycles. The van der Waals surface area contributed by atoms with Crippen molar-refractivity contribution in [3.8, 4) is 0 Å². The fourth-order valence-corrected chi connectivity index (χ4v) is 3.32. The van der Waals surface area contributed by atoms with Crippen LogP contribution in [0.3, 0.4) is 0 Å². The van der Waals surface area contributed by atoms with E-state index in [-0.39, 0.29) is 11.9 Å². The molecule has 0 aliphatic carbocycles. The molecular weight excluding hydrogens is 360 g/mol. The summed E-state index contributed by atoms with van der Waals surface area (Å²) in [6.45, 7) is 0.779. The zero-order chi connectivity index (χ0) is 19.9. The fraction of sp³-hybridized carbons (Fsp3) is 0.0800. The molecule has 1 heterocycles. The first-order chi connectivity index (χ1) is 14.3. The van der Waals surface area contributed by atoms with Crippen LogP contribution >= 0.6 is 0 Å². The van der Waals surface area contributed by atoms with Crippen LogP contribution in [0.2, 0.25) is 0 Å². The maximum Gasteiger partial charge on any atom is 0.255 e.